The molecule has 1 heterocycles. The Hall–Kier alpha value is -2.63. The van der Waals surface area contributed by atoms with Crippen molar-refractivity contribution in [2.24, 2.45) is 0 Å². The number of hydrogen-bond acceptors (Lipinski definition) is 5. The van der Waals surface area contributed by atoms with E-state index in [0.717, 1.165) is 10.8 Å². The molecule has 0 spiro atoms. The lowest BCUT2D eigenvalue weighted by atomic mass is 10.1. The van der Waals surface area contributed by atoms with Gasteiger partial charge in [-0.25, -0.2) is 14.6 Å². The minimum Gasteiger partial charge on any atom is -0.465 e. The van der Waals surface area contributed by atoms with Gasteiger partial charge in [-0.2, -0.15) is 0 Å². The Kier molecular flexibility index (Phi) is 4.30. The van der Waals surface area contributed by atoms with E-state index < -0.39 is 17.7 Å². The number of amides is 1. The van der Waals surface area contributed by atoms with Gasteiger partial charge in [0.15, 0.2) is 0 Å². The zero-order valence-corrected chi connectivity index (χ0v) is 13.0. The summed E-state index contributed by atoms with van der Waals surface area (Å²) in [5.41, 5.74) is -0.150. The number of pyridine rings is 1. The van der Waals surface area contributed by atoms with Crippen molar-refractivity contribution in [1.82, 2.24) is 4.98 Å². The number of esters is 1. The first-order valence-electron chi connectivity index (χ1n) is 6.76. The van der Waals surface area contributed by atoms with E-state index in [4.69, 9.17) is 9.47 Å². The Morgan fingerprint density at radius 3 is 2.50 bits per heavy atom. The standard InChI is InChI=1S/C16H18N2O4/c1-16(2,3)22-15(20)18-13-8-12-7-10(14(19)21-4)5-6-11(12)9-17-13/h5-9H,1-4H3,(H,17,18,20). The molecular weight excluding hydrogens is 284 g/mol. The summed E-state index contributed by atoms with van der Waals surface area (Å²) in [6.45, 7) is 5.34. The van der Waals surface area contributed by atoms with E-state index in [1.54, 1.807) is 51.2 Å². The van der Waals surface area contributed by atoms with Crippen LogP contribution >= 0.6 is 0 Å². The van der Waals surface area contributed by atoms with Crippen molar-refractivity contribution in [2.75, 3.05) is 12.4 Å². The summed E-state index contributed by atoms with van der Waals surface area (Å²) in [5, 5.41) is 4.18. The normalized spacial score (nSPS) is 11.1. The SMILES string of the molecule is COC(=O)c1ccc2cnc(NC(=O)OC(C)(C)C)cc2c1. The number of fused-ring (bicyclic) bond motifs is 1. The lowest BCUT2D eigenvalue weighted by molar-refractivity contribution is 0.0598. The average Bonchev–Trinajstić information content (AvgIpc) is 2.43. The number of anilines is 1. The fourth-order valence-corrected chi connectivity index (χ4v) is 1.86. The number of rotatable bonds is 2. The Morgan fingerprint density at radius 2 is 1.86 bits per heavy atom. The summed E-state index contributed by atoms with van der Waals surface area (Å²) in [6.07, 6.45) is 1.03. The lowest BCUT2D eigenvalue weighted by Crippen LogP contribution is -2.27. The summed E-state index contributed by atoms with van der Waals surface area (Å²) < 4.78 is 9.86. The molecule has 0 unspecified atom stereocenters. The monoisotopic (exact) mass is 302 g/mol. The summed E-state index contributed by atoms with van der Waals surface area (Å²) in [6, 6.07) is 6.79. The molecule has 0 bridgehead atoms. The van der Waals surface area contributed by atoms with Crippen LogP contribution in [0.4, 0.5) is 10.6 Å². The van der Waals surface area contributed by atoms with Gasteiger partial charge < -0.3 is 9.47 Å². The number of methoxy groups -OCH3 is 1. The number of carbonyl (C=O) groups excluding carboxylic acids is 2. The van der Waals surface area contributed by atoms with Crippen molar-refractivity contribution < 1.29 is 19.1 Å². The highest BCUT2D eigenvalue weighted by molar-refractivity contribution is 5.96. The number of hydrogen-bond donors (Lipinski definition) is 1. The highest BCUT2D eigenvalue weighted by atomic mass is 16.6. The van der Waals surface area contributed by atoms with Crippen molar-refractivity contribution in [3.05, 3.63) is 36.0 Å². The molecule has 6 nitrogen and oxygen atoms in total. The van der Waals surface area contributed by atoms with Gasteiger partial charge in [0, 0.05) is 11.6 Å². The Morgan fingerprint density at radius 1 is 1.14 bits per heavy atom. The Labute approximate surface area is 128 Å². The highest BCUT2D eigenvalue weighted by Gasteiger charge is 2.16. The largest absolute Gasteiger partial charge is 0.465 e. The molecule has 0 saturated carbocycles. The molecule has 2 aromatic rings. The van der Waals surface area contributed by atoms with E-state index in [9.17, 15) is 9.59 Å². The first-order chi connectivity index (χ1) is 10.3. The number of carbonyl (C=O) groups is 2. The molecule has 1 N–H and O–H groups in total. The first-order valence-corrected chi connectivity index (χ1v) is 6.76. The van der Waals surface area contributed by atoms with Crippen LogP contribution in [-0.4, -0.2) is 29.8 Å². The maximum absolute atomic E-state index is 11.7. The van der Waals surface area contributed by atoms with E-state index in [1.807, 2.05) is 0 Å². The van der Waals surface area contributed by atoms with Crippen LogP contribution in [0.25, 0.3) is 10.8 Å². The van der Waals surface area contributed by atoms with Crippen molar-refractivity contribution in [3.8, 4) is 0 Å². The molecular formula is C16H18N2O4. The summed E-state index contributed by atoms with van der Waals surface area (Å²) in [4.78, 5) is 27.4. The van der Waals surface area contributed by atoms with Gasteiger partial charge in [0.25, 0.3) is 0 Å². The van der Waals surface area contributed by atoms with E-state index >= 15 is 0 Å². The van der Waals surface area contributed by atoms with Gasteiger partial charge in [0.1, 0.15) is 11.4 Å². The summed E-state index contributed by atoms with van der Waals surface area (Å²) in [7, 11) is 1.33. The van der Waals surface area contributed by atoms with Crippen molar-refractivity contribution in [2.45, 2.75) is 26.4 Å². The maximum Gasteiger partial charge on any atom is 0.413 e. The third-order valence-corrected chi connectivity index (χ3v) is 2.77. The summed E-state index contributed by atoms with van der Waals surface area (Å²) in [5.74, 6) is -0.0656. The van der Waals surface area contributed by atoms with Crippen LogP contribution in [-0.2, 0) is 9.47 Å². The third kappa shape index (κ3) is 3.94. The van der Waals surface area contributed by atoms with Gasteiger partial charge in [-0.15, -0.1) is 0 Å². The van der Waals surface area contributed by atoms with Gasteiger partial charge in [-0.3, -0.25) is 5.32 Å². The van der Waals surface area contributed by atoms with Crippen LogP contribution < -0.4 is 5.32 Å². The van der Waals surface area contributed by atoms with Crippen molar-refractivity contribution >= 4 is 28.7 Å². The molecule has 0 fully saturated rings. The Bertz CT molecular complexity index is 720. The second-order valence-electron chi connectivity index (χ2n) is 5.75. The predicted molar refractivity (Wildman–Crippen MR) is 82.9 cm³/mol. The van der Waals surface area contributed by atoms with Crippen molar-refractivity contribution in [3.63, 3.8) is 0 Å². The second-order valence-corrected chi connectivity index (χ2v) is 5.75. The third-order valence-electron chi connectivity index (χ3n) is 2.77. The number of nitrogens with one attached hydrogen (secondary N) is 1. The number of ether oxygens (including phenoxy) is 2. The highest BCUT2D eigenvalue weighted by Crippen LogP contribution is 2.19. The molecule has 2 rings (SSSR count). The van der Waals surface area contributed by atoms with Crippen LogP contribution in [0.15, 0.2) is 30.5 Å². The molecule has 6 heteroatoms. The lowest BCUT2D eigenvalue weighted by Gasteiger charge is -2.19. The molecule has 1 aromatic carbocycles. The molecule has 0 radical (unpaired) electrons. The molecule has 0 aliphatic heterocycles. The van der Waals surface area contributed by atoms with E-state index in [2.05, 4.69) is 10.3 Å². The van der Waals surface area contributed by atoms with Crippen LogP contribution in [0, 0.1) is 0 Å². The van der Waals surface area contributed by atoms with E-state index in [0.29, 0.717) is 11.4 Å². The van der Waals surface area contributed by atoms with Crippen molar-refractivity contribution in [1.29, 1.82) is 0 Å². The summed E-state index contributed by atoms with van der Waals surface area (Å²) >= 11 is 0. The van der Waals surface area contributed by atoms with Gasteiger partial charge in [-0.1, -0.05) is 6.07 Å². The molecule has 0 atom stereocenters. The second kappa shape index (κ2) is 6.01. The topological polar surface area (TPSA) is 77.5 Å². The average molecular weight is 302 g/mol. The smallest absolute Gasteiger partial charge is 0.413 e. The van der Waals surface area contributed by atoms with E-state index in [1.165, 1.54) is 7.11 Å². The molecule has 22 heavy (non-hydrogen) atoms. The molecule has 1 amide bonds. The zero-order chi connectivity index (χ0) is 16.3. The molecule has 0 aliphatic carbocycles. The minimum atomic E-state index is -0.584. The van der Waals surface area contributed by atoms with Gasteiger partial charge in [-0.05, 0) is 44.4 Å². The van der Waals surface area contributed by atoms with Crippen LogP contribution in [0.3, 0.4) is 0 Å². The van der Waals surface area contributed by atoms with Gasteiger partial charge in [0.2, 0.25) is 0 Å². The van der Waals surface area contributed by atoms with Gasteiger partial charge >= 0.3 is 12.1 Å². The molecule has 0 saturated heterocycles. The zero-order valence-electron chi connectivity index (χ0n) is 13.0. The number of aromatic nitrogens is 1. The van der Waals surface area contributed by atoms with Crippen LogP contribution in [0.5, 0.6) is 0 Å². The molecule has 0 aliphatic rings. The maximum atomic E-state index is 11.7. The fraction of sp³-hybridized carbons (Fsp3) is 0.312. The van der Waals surface area contributed by atoms with Gasteiger partial charge in [0.05, 0.1) is 12.7 Å². The molecule has 116 valence electrons. The van der Waals surface area contributed by atoms with Crippen LogP contribution in [0.2, 0.25) is 0 Å². The van der Waals surface area contributed by atoms with Crippen LogP contribution in [0.1, 0.15) is 31.1 Å². The Balaban J connectivity index is 2.25. The molecule has 1 aromatic heterocycles. The minimum absolute atomic E-state index is 0.351. The number of benzene rings is 1. The fourth-order valence-electron chi connectivity index (χ4n) is 1.86. The predicted octanol–water partition coefficient (Wildman–Crippen LogP) is 3.37. The van der Waals surface area contributed by atoms with E-state index in [-0.39, 0.29) is 0 Å². The number of nitrogens with zero attached hydrogens (tertiary/aromatic N) is 1. The quantitative estimate of drug-likeness (QED) is 0.861. The first kappa shape index (κ1) is 15.8.